The molecule has 0 bridgehead atoms. The predicted molar refractivity (Wildman–Crippen MR) is 77.2 cm³/mol. The highest BCUT2D eigenvalue weighted by Crippen LogP contribution is 2.29. The van der Waals surface area contributed by atoms with Gasteiger partial charge in [0.05, 0.1) is 12.1 Å². The van der Waals surface area contributed by atoms with E-state index in [1.165, 1.54) is 12.1 Å². The van der Waals surface area contributed by atoms with Crippen LogP contribution in [0.3, 0.4) is 0 Å². The van der Waals surface area contributed by atoms with E-state index >= 15 is 0 Å². The van der Waals surface area contributed by atoms with Crippen LogP contribution < -0.4 is 5.32 Å². The van der Waals surface area contributed by atoms with Crippen LogP contribution in [0.15, 0.2) is 24.3 Å². The van der Waals surface area contributed by atoms with Crippen LogP contribution in [0.2, 0.25) is 0 Å². The van der Waals surface area contributed by atoms with Gasteiger partial charge in [-0.25, -0.2) is 4.39 Å². The zero-order valence-electron chi connectivity index (χ0n) is 12.1. The Morgan fingerprint density at radius 2 is 2.24 bits per heavy atom. The number of hydrogen-bond acceptors (Lipinski definition) is 3. The lowest BCUT2D eigenvalue weighted by Gasteiger charge is -2.42. The van der Waals surface area contributed by atoms with E-state index in [1.807, 2.05) is 11.0 Å². The largest absolute Gasteiger partial charge is 0.363 e. The zero-order valence-corrected chi connectivity index (χ0v) is 12.1. The highest BCUT2D eigenvalue weighted by atomic mass is 19.1. The minimum Gasteiger partial charge on any atom is -0.363 e. The number of hydrogen-bond donors (Lipinski definition) is 1. The van der Waals surface area contributed by atoms with Gasteiger partial charge in [-0.05, 0) is 50.0 Å². The van der Waals surface area contributed by atoms with Crippen molar-refractivity contribution in [3.63, 3.8) is 0 Å². The highest BCUT2D eigenvalue weighted by molar-refractivity contribution is 5.78. The molecule has 114 valence electrons. The molecule has 2 heterocycles. The van der Waals surface area contributed by atoms with Crippen LogP contribution in [0.1, 0.15) is 24.8 Å². The topological polar surface area (TPSA) is 41.6 Å². The first-order valence-electron chi connectivity index (χ1n) is 7.54. The van der Waals surface area contributed by atoms with Crippen molar-refractivity contribution in [1.29, 1.82) is 0 Å². The van der Waals surface area contributed by atoms with Crippen molar-refractivity contribution in [3.05, 3.63) is 35.6 Å². The van der Waals surface area contributed by atoms with Gasteiger partial charge in [0.25, 0.3) is 0 Å². The van der Waals surface area contributed by atoms with Gasteiger partial charge in [0.2, 0.25) is 5.91 Å². The summed E-state index contributed by atoms with van der Waals surface area (Å²) in [6, 6.07) is 6.45. The minimum atomic E-state index is -0.262. The van der Waals surface area contributed by atoms with Crippen molar-refractivity contribution in [3.8, 4) is 0 Å². The first-order valence-corrected chi connectivity index (χ1v) is 7.54. The number of rotatable bonds is 2. The van der Waals surface area contributed by atoms with Crippen molar-refractivity contribution in [1.82, 2.24) is 10.2 Å². The average Bonchev–Trinajstić information content (AvgIpc) is 2.69. The molecule has 1 aromatic rings. The zero-order chi connectivity index (χ0) is 14.7. The van der Waals surface area contributed by atoms with Gasteiger partial charge < -0.3 is 15.0 Å². The fraction of sp³-hybridized carbons (Fsp3) is 0.562. The molecule has 21 heavy (non-hydrogen) atoms. The highest BCUT2D eigenvalue weighted by Gasteiger charge is 2.39. The molecule has 5 heteroatoms. The van der Waals surface area contributed by atoms with Gasteiger partial charge in [0, 0.05) is 6.54 Å². The molecule has 0 saturated carbocycles. The number of nitrogens with zero attached hydrogens (tertiary/aromatic N) is 1. The molecule has 4 nitrogen and oxygen atoms in total. The second-order valence-corrected chi connectivity index (χ2v) is 5.95. The van der Waals surface area contributed by atoms with Crippen LogP contribution in [0, 0.1) is 5.82 Å². The molecule has 1 amide bonds. The summed E-state index contributed by atoms with van der Waals surface area (Å²) < 4.78 is 19.2. The van der Waals surface area contributed by atoms with E-state index in [0.29, 0.717) is 13.1 Å². The molecule has 0 aliphatic carbocycles. The maximum absolute atomic E-state index is 13.3. The van der Waals surface area contributed by atoms with Crippen LogP contribution in [-0.4, -0.2) is 42.6 Å². The smallest absolute Gasteiger partial charge is 0.248 e. The van der Waals surface area contributed by atoms with Gasteiger partial charge in [0.1, 0.15) is 12.4 Å². The molecule has 0 radical (unpaired) electrons. The molecule has 2 aliphatic rings. The summed E-state index contributed by atoms with van der Waals surface area (Å²) in [5.74, 6) is -0.274. The van der Waals surface area contributed by atoms with Crippen molar-refractivity contribution < 1.29 is 13.9 Å². The number of halogens is 1. The van der Waals surface area contributed by atoms with E-state index in [9.17, 15) is 9.18 Å². The monoisotopic (exact) mass is 292 g/mol. The Labute approximate surface area is 124 Å². The molecule has 1 atom stereocenters. The number of carbonyl (C=O) groups is 1. The molecular weight excluding hydrogens is 271 g/mol. The number of ether oxygens (including phenoxy) is 1. The third-order valence-electron chi connectivity index (χ3n) is 4.34. The van der Waals surface area contributed by atoms with Gasteiger partial charge in [-0.3, -0.25) is 4.79 Å². The third-order valence-corrected chi connectivity index (χ3v) is 4.34. The lowest BCUT2D eigenvalue weighted by atomic mass is 9.92. The molecule has 2 saturated heterocycles. The van der Waals surface area contributed by atoms with Crippen molar-refractivity contribution in [2.75, 3.05) is 26.2 Å². The van der Waals surface area contributed by atoms with Crippen LogP contribution >= 0.6 is 0 Å². The molecule has 0 aromatic heterocycles. The molecule has 2 fully saturated rings. The number of morpholine rings is 1. The number of benzene rings is 1. The Bertz CT molecular complexity index is 513. The van der Waals surface area contributed by atoms with Crippen LogP contribution in [-0.2, 0) is 16.1 Å². The van der Waals surface area contributed by atoms with Gasteiger partial charge in [0.15, 0.2) is 0 Å². The standard InChI is InChI=1S/C16H21FN2O2/c17-14-4-1-3-13(9-14)10-19-12-16(21-11-15(19)20)5-2-7-18-8-6-16/h1,3-4,9,18H,2,5-8,10-12H2. The molecule has 1 spiro atoms. The molecule has 2 aliphatic heterocycles. The second kappa shape index (κ2) is 6.12. The van der Waals surface area contributed by atoms with Gasteiger partial charge in [-0.1, -0.05) is 12.1 Å². The quantitative estimate of drug-likeness (QED) is 0.902. The van der Waals surface area contributed by atoms with E-state index in [0.717, 1.165) is 37.9 Å². The average molecular weight is 292 g/mol. The Kier molecular flexibility index (Phi) is 4.22. The Balaban J connectivity index is 1.72. The molecular formula is C16H21FN2O2. The van der Waals surface area contributed by atoms with Gasteiger partial charge in [-0.15, -0.1) is 0 Å². The fourth-order valence-corrected chi connectivity index (χ4v) is 3.19. The van der Waals surface area contributed by atoms with Crippen LogP contribution in [0.5, 0.6) is 0 Å². The van der Waals surface area contributed by atoms with E-state index < -0.39 is 0 Å². The third kappa shape index (κ3) is 3.41. The van der Waals surface area contributed by atoms with E-state index in [4.69, 9.17) is 4.74 Å². The maximum atomic E-state index is 13.3. The maximum Gasteiger partial charge on any atom is 0.248 e. The lowest BCUT2D eigenvalue weighted by Crippen LogP contribution is -2.54. The first kappa shape index (κ1) is 14.5. The van der Waals surface area contributed by atoms with Gasteiger partial charge >= 0.3 is 0 Å². The van der Waals surface area contributed by atoms with Crippen molar-refractivity contribution in [2.24, 2.45) is 0 Å². The van der Waals surface area contributed by atoms with Crippen LogP contribution in [0.4, 0.5) is 4.39 Å². The van der Waals surface area contributed by atoms with Crippen LogP contribution in [0.25, 0.3) is 0 Å². The summed E-state index contributed by atoms with van der Waals surface area (Å²) in [6.45, 7) is 3.11. The van der Waals surface area contributed by atoms with E-state index in [1.54, 1.807) is 6.07 Å². The Morgan fingerprint density at radius 1 is 1.33 bits per heavy atom. The Morgan fingerprint density at radius 3 is 3.10 bits per heavy atom. The molecule has 1 aromatic carbocycles. The minimum absolute atomic E-state index is 0.0120. The fourth-order valence-electron chi connectivity index (χ4n) is 3.19. The molecule has 1 N–H and O–H groups in total. The summed E-state index contributed by atoms with van der Waals surface area (Å²) in [6.07, 6.45) is 2.94. The first-order chi connectivity index (χ1) is 10.2. The second-order valence-electron chi connectivity index (χ2n) is 5.95. The molecule has 1 unspecified atom stereocenters. The lowest BCUT2D eigenvalue weighted by molar-refractivity contribution is -0.166. The predicted octanol–water partition coefficient (Wildman–Crippen LogP) is 1.70. The summed E-state index contributed by atoms with van der Waals surface area (Å²) >= 11 is 0. The van der Waals surface area contributed by atoms with Gasteiger partial charge in [-0.2, -0.15) is 0 Å². The van der Waals surface area contributed by atoms with E-state index in [-0.39, 0.29) is 23.9 Å². The Hall–Kier alpha value is -1.46. The summed E-state index contributed by atoms with van der Waals surface area (Å²) in [4.78, 5) is 13.9. The normalized spacial score (nSPS) is 26.9. The number of nitrogens with one attached hydrogen (secondary N) is 1. The molecule has 3 rings (SSSR count). The summed E-state index contributed by atoms with van der Waals surface area (Å²) in [7, 11) is 0. The van der Waals surface area contributed by atoms with Crippen molar-refractivity contribution in [2.45, 2.75) is 31.4 Å². The summed E-state index contributed by atoms with van der Waals surface area (Å²) in [5, 5.41) is 3.37. The summed E-state index contributed by atoms with van der Waals surface area (Å²) in [5.41, 5.74) is 0.595. The van der Waals surface area contributed by atoms with E-state index in [2.05, 4.69) is 5.32 Å². The number of amides is 1. The number of carbonyl (C=O) groups excluding carboxylic acids is 1. The van der Waals surface area contributed by atoms with Crippen molar-refractivity contribution >= 4 is 5.91 Å². The SMILES string of the molecule is O=C1COC2(CCCNCC2)CN1Cc1cccc(F)c1.